The Kier molecular flexibility index (Phi) is 14.8. The minimum atomic E-state index is -0.268. The number of rotatable bonds is 2. The largest absolute Gasteiger partial charge is 0.507 e. The zero-order valence-electron chi connectivity index (χ0n) is 40.1. The monoisotopic (exact) mass is 914 g/mol. The number of hydrogen-bond donors (Lipinski definition) is 4. The van der Waals surface area contributed by atoms with Gasteiger partial charge in [0.25, 0.3) is 0 Å². The molecule has 0 fully saturated rings. The number of ether oxygens (including phenoxy) is 2. The molecular formula is C56H62N6O6. The molecule has 0 unspecified atom stereocenters. The van der Waals surface area contributed by atoms with E-state index in [1.807, 2.05) is 24.3 Å². The number of hydrogen-bond acceptors (Lipinski definition) is 10. The summed E-state index contributed by atoms with van der Waals surface area (Å²) < 4.78 is 11.5. The number of phenols is 2. The number of aliphatic imine (C=N–C) groups is 2. The third kappa shape index (κ3) is 10.7. The first-order chi connectivity index (χ1) is 32.9. The number of fused-ring (bicyclic) bond motifs is 15. The molecule has 352 valence electrons. The van der Waals surface area contributed by atoms with Gasteiger partial charge in [-0.1, -0.05) is 26.0 Å². The van der Waals surface area contributed by atoms with E-state index in [1.165, 1.54) is 11.1 Å². The number of aromatic amines is 2. The first-order valence-corrected chi connectivity index (χ1v) is 24.0. The Morgan fingerprint density at radius 2 is 0.941 bits per heavy atom. The van der Waals surface area contributed by atoms with E-state index >= 15 is 0 Å². The lowest BCUT2D eigenvalue weighted by atomic mass is 10.00. The molecule has 0 atom stereocenters. The van der Waals surface area contributed by atoms with Crippen molar-refractivity contribution >= 4 is 68.7 Å². The highest BCUT2D eigenvalue weighted by Crippen LogP contribution is 2.37. The quantitative estimate of drug-likeness (QED) is 0.127. The summed E-state index contributed by atoms with van der Waals surface area (Å²) in [4.78, 5) is 53.5. The number of benzene rings is 2. The second-order valence-electron chi connectivity index (χ2n) is 17.9. The van der Waals surface area contributed by atoms with Gasteiger partial charge in [-0.15, -0.1) is 0 Å². The number of phenolic OH excluding ortho intramolecular Hbond substituents is 2. The maximum atomic E-state index is 13.3. The highest BCUT2D eigenvalue weighted by Gasteiger charge is 2.22. The fourth-order valence-corrected chi connectivity index (χ4v) is 9.45. The van der Waals surface area contributed by atoms with Crippen LogP contribution < -0.4 is 0 Å². The van der Waals surface area contributed by atoms with Gasteiger partial charge >= 0.3 is 11.9 Å². The second kappa shape index (κ2) is 21.3. The van der Waals surface area contributed by atoms with Crippen molar-refractivity contribution in [2.45, 2.75) is 106 Å². The number of allylic oxidation sites excluding steroid dienone is 4. The van der Waals surface area contributed by atoms with Crippen LogP contribution in [0.1, 0.15) is 134 Å². The van der Waals surface area contributed by atoms with Crippen LogP contribution in [0.4, 0.5) is 0 Å². The SMILES string of the molecule is CCc1c(C)c2cc3nc4cc5[nH]c(cc6nc(cc1[nH]2)C(C)=C6CCC(=O)OCCCc1ccc(O)c(c1)C=NCCN=Cc1cc(ccc1O)CCCOC(=O)CCC3=C4C)c(C)c5CC. The predicted octanol–water partition coefficient (Wildman–Crippen LogP) is 11.1. The van der Waals surface area contributed by atoms with Crippen molar-refractivity contribution in [3.05, 3.63) is 128 Å². The molecule has 0 saturated heterocycles. The number of nitrogens with zero attached hydrogens (tertiary/aromatic N) is 4. The van der Waals surface area contributed by atoms with Crippen LogP contribution in [0.15, 0.2) is 70.6 Å². The minimum absolute atomic E-state index is 0.127. The number of aromatic nitrogens is 4. The normalized spacial score (nSPS) is 16.0. The van der Waals surface area contributed by atoms with Crippen LogP contribution in [0.5, 0.6) is 11.5 Å². The summed E-state index contributed by atoms with van der Waals surface area (Å²) in [6, 6.07) is 19.3. The summed E-state index contributed by atoms with van der Waals surface area (Å²) in [5.41, 5.74) is 19.0. The summed E-state index contributed by atoms with van der Waals surface area (Å²) in [6.45, 7) is 14.1. The van der Waals surface area contributed by atoms with E-state index in [9.17, 15) is 19.8 Å². The molecule has 0 amide bonds. The van der Waals surface area contributed by atoms with Gasteiger partial charge in [0, 0.05) is 58.5 Å². The molecule has 0 aliphatic carbocycles. The topological polar surface area (TPSA) is 175 Å². The van der Waals surface area contributed by atoms with E-state index in [2.05, 4.69) is 85.8 Å². The molecule has 5 aromatic rings. The van der Waals surface area contributed by atoms with Crippen molar-refractivity contribution in [2.75, 3.05) is 26.3 Å². The Morgan fingerprint density at radius 3 is 1.35 bits per heavy atom. The summed E-state index contributed by atoms with van der Waals surface area (Å²) in [5.74, 6) is -0.283. The van der Waals surface area contributed by atoms with Crippen LogP contribution >= 0.6 is 0 Å². The standard InChI is InChI=1S/C56H62N6O6/c1-7-41-33(3)45-29-51-44-16-20-56(66)68-24-10-12-38-14-18-54(64)40(26-38)32-58-22-21-57-31-39-25-37(13-17-53(39)63)11-9-23-67-55(65)19-15-43-35(5)47(27-49(41)59-45)61-52(43)30-46-34(4)42(8-2)50(60-46)28-48(62-51)36(44)6/h13-14,17-18,25-32,59-60,63-64H,7-12,15-16,19-24H2,1-6H3. The molecule has 68 heavy (non-hydrogen) atoms. The van der Waals surface area contributed by atoms with E-state index in [1.54, 1.807) is 24.6 Å². The van der Waals surface area contributed by atoms with E-state index in [4.69, 9.17) is 19.4 Å². The molecule has 0 radical (unpaired) electrons. The smallest absolute Gasteiger partial charge is 0.306 e. The Morgan fingerprint density at radius 1 is 0.529 bits per heavy atom. The maximum absolute atomic E-state index is 13.3. The van der Waals surface area contributed by atoms with E-state index in [-0.39, 0.29) is 49.5 Å². The first-order valence-electron chi connectivity index (χ1n) is 24.0. The number of carbonyl (C=O) groups is 2. The number of esters is 2. The zero-order valence-corrected chi connectivity index (χ0v) is 40.1. The molecular weight excluding hydrogens is 853 g/mol. The van der Waals surface area contributed by atoms with Gasteiger partial charge in [0.1, 0.15) is 11.5 Å². The minimum Gasteiger partial charge on any atom is -0.507 e. The number of aromatic hydroxyl groups is 2. The van der Waals surface area contributed by atoms with Gasteiger partial charge in [0.2, 0.25) is 0 Å². The fourth-order valence-electron chi connectivity index (χ4n) is 9.45. The summed E-state index contributed by atoms with van der Waals surface area (Å²) >= 11 is 0. The molecule has 4 aliphatic heterocycles. The Hall–Kier alpha value is -7.08. The van der Waals surface area contributed by atoms with Crippen molar-refractivity contribution in [1.29, 1.82) is 0 Å². The van der Waals surface area contributed by atoms with Crippen molar-refractivity contribution in [3.8, 4) is 11.5 Å². The van der Waals surface area contributed by atoms with Gasteiger partial charge in [0.15, 0.2) is 0 Å². The van der Waals surface area contributed by atoms with Crippen molar-refractivity contribution in [3.63, 3.8) is 0 Å². The number of H-pyrrole nitrogens is 2. The maximum Gasteiger partial charge on any atom is 0.306 e. The van der Waals surface area contributed by atoms with Crippen LogP contribution in [0.3, 0.4) is 0 Å². The highest BCUT2D eigenvalue weighted by molar-refractivity contribution is 5.96. The molecule has 2 aromatic carbocycles. The Labute approximate surface area is 398 Å². The van der Waals surface area contributed by atoms with Crippen molar-refractivity contribution in [2.24, 2.45) is 9.98 Å². The lowest BCUT2D eigenvalue weighted by molar-refractivity contribution is -0.144. The van der Waals surface area contributed by atoms with Crippen LogP contribution in [0, 0.1) is 13.8 Å². The van der Waals surface area contributed by atoms with Gasteiger partial charge in [-0.05, 0) is 183 Å². The van der Waals surface area contributed by atoms with Crippen molar-refractivity contribution in [1.82, 2.24) is 19.9 Å². The number of aryl methyl sites for hydroxylation is 6. The molecule has 9 rings (SSSR count). The van der Waals surface area contributed by atoms with Gasteiger partial charge in [-0.25, -0.2) is 9.97 Å². The van der Waals surface area contributed by atoms with Gasteiger partial charge in [-0.2, -0.15) is 0 Å². The predicted molar refractivity (Wildman–Crippen MR) is 272 cm³/mol. The van der Waals surface area contributed by atoms with E-state index in [0.717, 1.165) is 102 Å². The zero-order chi connectivity index (χ0) is 47.9. The fraction of sp³-hybridized carbons (Fsp3) is 0.357. The van der Waals surface area contributed by atoms with Crippen LogP contribution in [0.25, 0.3) is 44.4 Å². The summed E-state index contributed by atoms with van der Waals surface area (Å²) in [5, 5.41) is 21.1. The number of nitrogens with one attached hydrogen (secondary N) is 2. The third-order valence-corrected chi connectivity index (χ3v) is 13.4. The van der Waals surface area contributed by atoms with Gasteiger partial charge in [-0.3, -0.25) is 19.6 Å². The van der Waals surface area contributed by atoms with E-state index < -0.39 is 0 Å². The third-order valence-electron chi connectivity index (χ3n) is 13.4. The number of carbonyl (C=O) groups excluding carboxylic acids is 2. The molecule has 0 saturated carbocycles. The Balaban J connectivity index is 1.15. The lowest BCUT2D eigenvalue weighted by Gasteiger charge is -2.08. The summed E-state index contributed by atoms with van der Waals surface area (Å²) in [6.07, 6.45) is 8.81. The second-order valence-corrected chi connectivity index (χ2v) is 17.9. The van der Waals surface area contributed by atoms with E-state index in [0.29, 0.717) is 62.7 Å². The molecule has 12 nitrogen and oxygen atoms in total. The molecule has 12 heteroatoms. The van der Waals surface area contributed by atoms with Gasteiger partial charge < -0.3 is 29.7 Å². The van der Waals surface area contributed by atoms with Crippen LogP contribution in [-0.4, -0.2) is 80.8 Å². The van der Waals surface area contributed by atoms with Crippen molar-refractivity contribution < 1.29 is 29.3 Å². The first kappa shape index (κ1) is 47.4. The van der Waals surface area contributed by atoms with Gasteiger partial charge in [0.05, 0.1) is 49.1 Å². The molecule has 14 bridgehead atoms. The van der Waals surface area contributed by atoms with Crippen LogP contribution in [-0.2, 0) is 44.7 Å². The molecule has 3 aromatic heterocycles. The lowest BCUT2D eigenvalue weighted by Crippen LogP contribution is -2.07. The average molecular weight is 915 g/mol. The molecule has 7 heterocycles. The molecule has 4 N–H and O–H groups in total. The molecule has 4 aliphatic rings. The average Bonchev–Trinajstić information content (AvgIpc) is 3.99. The van der Waals surface area contributed by atoms with Crippen LogP contribution in [0.2, 0.25) is 0 Å². The summed E-state index contributed by atoms with van der Waals surface area (Å²) in [7, 11) is 0. The Bertz CT molecular complexity index is 2850. The highest BCUT2D eigenvalue weighted by atomic mass is 16.5. The molecule has 0 spiro atoms.